The normalized spacial score (nSPS) is 16.1. The van der Waals surface area contributed by atoms with E-state index in [1.165, 1.54) is 22.5 Å². The minimum Gasteiger partial charge on any atom is -0.490 e. The fraction of sp³-hybridized carbons (Fsp3) is 0.259. The predicted molar refractivity (Wildman–Crippen MR) is 150 cm³/mol. The number of hydrogen-bond donors (Lipinski definition) is 0. The molecule has 0 unspecified atom stereocenters. The van der Waals surface area contributed by atoms with E-state index in [0.717, 1.165) is 19.9 Å². The molecule has 5 nitrogen and oxygen atoms in total. The average Bonchev–Trinajstić information content (AvgIpc) is 3.12. The summed E-state index contributed by atoms with van der Waals surface area (Å²) < 4.78 is 13.2. The van der Waals surface area contributed by atoms with Crippen LogP contribution in [0.15, 0.2) is 64.5 Å². The molecule has 0 spiro atoms. The van der Waals surface area contributed by atoms with Gasteiger partial charge in [0, 0.05) is 13.1 Å². The second kappa shape index (κ2) is 11.3. The second-order valence-corrected chi connectivity index (χ2v) is 9.78. The molecule has 0 saturated carbocycles. The molecule has 0 aliphatic carbocycles. The molecular formula is C27H27IN2O3S. The number of halogens is 1. The lowest BCUT2D eigenvalue weighted by Gasteiger charge is -2.16. The van der Waals surface area contributed by atoms with Gasteiger partial charge in [-0.25, -0.2) is 0 Å². The Bertz CT molecular complexity index is 1270. The zero-order chi connectivity index (χ0) is 24.1. The first-order valence-electron chi connectivity index (χ1n) is 11.4. The van der Waals surface area contributed by atoms with Gasteiger partial charge >= 0.3 is 0 Å². The van der Waals surface area contributed by atoms with E-state index in [1.54, 1.807) is 4.90 Å². The minimum atomic E-state index is -0.0102. The zero-order valence-corrected chi connectivity index (χ0v) is 22.5. The lowest BCUT2D eigenvalue weighted by molar-refractivity contribution is -0.122. The van der Waals surface area contributed by atoms with E-state index in [4.69, 9.17) is 9.47 Å². The molecule has 34 heavy (non-hydrogen) atoms. The summed E-state index contributed by atoms with van der Waals surface area (Å²) in [4.78, 5) is 19.7. The van der Waals surface area contributed by atoms with Crippen LogP contribution in [-0.4, -0.2) is 35.7 Å². The van der Waals surface area contributed by atoms with Crippen molar-refractivity contribution in [2.24, 2.45) is 4.99 Å². The average molecular weight is 586 g/mol. The Kier molecular flexibility index (Phi) is 8.15. The maximum absolute atomic E-state index is 12.9. The van der Waals surface area contributed by atoms with Crippen LogP contribution < -0.4 is 9.47 Å². The number of ether oxygens (including phenoxy) is 2. The van der Waals surface area contributed by atoms with Gasteiger partial charge in [-0.1, -0.05) is 42.5 Å². The van der Waals surface area contributed by atoms with Crippen molar-refractivity contribution < 1.29 is 14.3 Å². The van der Waals surface area contributed by atoms with Crippen LogP contribution in [0.5, 0.6) is 11.5 Å². The predicted octanol–water partition coefficient (Wildman–Crippen LogP) is 6.73. The molecule has 176 valence electrons. The van der Waals surface area contributed by atoms with Crippen LogP contribution in [0, 0.1) is 3.57 Å². The lowest BCUT2D eigenvalue weighted by atomic mass is 10.1. The number of amides is 1. The van der Waals surface area contributed by atoms with Crippen LogP contribution in [0.2, 0.25) is 0 Å². The lowest BCUT2D eigenvalue weighted by Crippen LogP contribution is -2.28. The van der Waals surface area contributed by atoms with Gasteiger partial charge in [0.25, 0.3) is 5.91 Å². The molecule has 1 aliphatic rings. The molecule has 3 aromatic rings. The van der Waals surface area contributed by atoms with Crippen LogP contribution in [0.1, 0.15) is 31.9 Å². The third-order valence-corrected chi connectivity index (χ3v) is 7.22. The van der Waals surface area contributed by atoms with Crippen molar-refractivity contribution in [2.45, 2.75) is 27.4 Å². The number of benzene rings is 3. The molecule has 1 amide bonds. The molecule has 4 rings (SSSR count). The Balaban J connectivity index is 1.63. The summed E-state index contributed by atoms with van der Waals surface area (Å²) in [6.45, 7) is 8.10. The SMILES string of the molecule is CCN=C1S/C(=C/c2cc(I)c(OCc3cccc4ccccc34)c(OCC)c2)C(=O)N1CC. The monoisotopic (exact) mass is 586 g/mol. The first kappa shape index (κ1) is 24.6. The molecule has 0 atom stereocenters. The maximum atomic E-state index is 12.9. The van der Waals surface area contributed by atoms with Gasteiger partial charge in [-0.2, -0.15) is 0 Å². The van der Waals surface area contributed by atoms with Gasteiger partial charge in [0.2, 0.25) is 0 Å². The van der Waals surface area contributed by atoms with E-state index in [0.29, 0.717) is 42.7 Å². The number of fused-ring (bicyclic) bond motifs is 1. The van der Waals surface area contributed by atoms with Crippen molar-refractivity contribution >= 4 is 62.3 Å². The Hall–Kier alpha value is -2.52. The quantitative estimate of drug-likeness (QED) is 0.217. The molecule has 1 fully saturated rings. The second-order valence-electron chi connectivity index (χ2n) is 7.61. The van der Waals surface area contributed by atoms with E-state index >= 15 is 0 Å². The molecular weight excluding hydrogens is 559 g/mol. The fourth-order valence-corrected chi connectivity index (χ4v) is 5.72. The number of carbonyl (C=O) groups excluding carboxylic acids is 1. The van der Waals surface area contributed by atoms with Crippen LogP contribution in [0.25, 0.3) is 16.8 Å². The summed E-state index contributed by atoms with van der Waals surface area (Å²) in [6.07, 6.45) is 1.91. The van der Waals surface area contributed by atoms with E-state index in [1.807, 2.05) is 51.1 Å². The van der Waals surface area contributed by atoms with Crippen molar-refractivity contribution in [3.05, 3.63) is 74.2 Å². The smallest absolute Gasteiger partial charge is 0.266 e. The molecule has 0 bridgehead atoms. The van der Waals surface area contributed by atoms with Gasteiger partial charge in [0.1, 0.15) is 6.61 Å². The minimum absolute atomic E-state index is 0.0102. The van der Waals surface area contributed by atoms with Gasteiger partial charge in [-0.3, -0.25) is 14.7 Å². The summed E-state index contributed by atoms with van der Waals surface area (Å²) in [5.41, 5.74) is 2.02. The van der Waals surface area contributed by atoms with Gasteiger partial charge < -0.3 is 9.47 Å². The zero-order valence-electron chi connectivity index (χ0n) is 19.5. The number of hydrogen-bond acceptors (Lipinski definition) is 5. The van der Waals surface area contributed by atoms with Crippen LogP contribution in [-0.2, 0) is 11.4 Å². The van der Waals surface area contributed by atoms with Crippen LogP contribution in [0.3, 0.4) is 0 Å². The van der Waals surface area contributed by atoms with Gasteiger partial charge in [0.15, 0.2) is 16.7 Å². The number of aliphatic imine (C=N–C) groups is 1. The highest BCUT2D eigenvalue weighted by Crippen LogP contribution is 2.38. The van der Waals surface area contributed by atoms with Crippen molar-refractivity contribution in [3.63, 3.8) is 0 Å². The largest absolute Gasteiger partial charge is 0.490 e. The number of rotatable bonds is 8. The summed E-state index contributed by atoms with van der Waals surface area (Å²) in [5, 5.41) is 3.13. The molecule has 0 radical (unpaired) electrons. The topological polar surface area (TPSA) is 51.1 Å². The van der Waals surface area contributed by atoms with E-state index in [2.05, 4.69) is 57.9 Å². The first-order valence-corrected chi connectivity index (χ1v) is 13.3. The number of carbonyl (C=O) groups is 1. The standard InChI is InChI=1S/C27H27IN2O3S/c1-4-29-27-30(5-2)26(31)24(34-27)16-18-14-22(28)25(23(15-18)32-6-3)33-17-20-12-9-11-19-10-7-8-13-21(19)20/h7-16H,4-6,17H2,1-3H3/b24-16+,29-27?. The molecule has 1 saturated heterocycles. The number of thioether (sulfide) groups is 1. The Morgan fingerprint density at radius 3 is 2.62 bits per heavy atom. The van der Waals surface area contributed by atoms with Gasteiger partial charge in [0.05, 0.1) is 15.1 Å². The van der Waals surface area contributed by atoms with Crippen molar-refractivity contribution in [2.75, 3.05) is 19.7 Å². The highest BCUT2D eigenvalue weighted by Gasteiger charge is 2.32. The Morgan fingerprint density at radius 2 is 1.85 bits per heavy atom. The molecule has 3 aromatic carbocycles. The molecule has 1 heterocycles. The third kappa shape index (κ3) is 5.25. The van der Waals surface area contributed by atoms with Gasteiger partial charge in [-0.05, 0) is 95.2 Å². The van der Waals surface area contributed by atoms with Crippen molar-refractivity contribution in [1.29, 1.82) is 0 Å². The number of nitrogens with zero attached hydrogens (tertiary/aromatic N) is 2. The van der Waals surface area contributed by atoms with Crippen LogP contribution in [0.4, 0.5) is 0 Å². The Morgan fingerprint density at radius 1 is 1.06 bits per heavy atom. The van der Waals surface area contributed by atoms with E-state index in [9.17, 15) is 4.79 Å². The summed E-state index contributed by atoms with van der Waals surface area (Å²) in [7, 11) is 0. The van der Waals surface area contributed by atoms with E-state index in [-0.39, 0.29) is 5.91 Å². The molecule has 0 N–H and O–H groups in total. The first-order chi connectivity index (χ1) is 16.5. The maximum Gasteiger partial charge on any atom is 0.266 e. The van der Waals surface area contributed by atoms with Crippen LogP contribution >= 0.6 is 34.4 Å². The summed E-state index contributed by atoms with van der Waals surface area (Å²) >= 11 is 3.69. The van der Waals surface area contributed by atoms with Crippen molar-refractivity contribution in [3.8, 4) is 11.5 Å². The van der Waals surface area contributed by atoms with Crippen molar-refractivity contribution in [1.82, 2.24) is 4.90 Å². The summed E-state index contributed by atoms with van der Waals surface area (Å²) in [5.74, 6) is 1.38. The highest BCUT2D eigenvalue weighted by molar-refractivity contribution is 14.1. The third-order valence-electron chi connectivity index (χ3n) is 5.38. The number of likely N-dealkylation sites (N-methyl/N-ethyl adjacent to an activating group) is 1. The fourth-order valence-electron chi connectivity index (χ4n) is 3.83. The van der Waals surface area contributed by atoms with Gasteiger partial charge in [-0.15, -0.1) is 0 Å². The summed E-state index contributed by atoms with van der Waals surface area (Å²) in [6, 6.07) is 18.5. The molecule has 0 aromatic heterocycles. The highest BCUT2D eigenvalue weighted by atomic mass is 127. The van der Waals surface area contributed by atoms with E-state index < -0.39 is 0 Å². The Labute approximate surface area is 218 Å². The molecule has 1 aliphatic heterocycles. The molecule has 7 heteroatoms. The number of amidine groups is 1.